The molecule has 1 heterocycles. The normalized spacial score (nSPS) is 13.6. The van der Waals surface area contributed by atoms with Crippen molar-refractivity contribution in [1.82, 2.24) is 9.78 Å². The smallest absolute Gasteiger partial charge is 0.324 e. The molecule has 0 spiro atoms. The van der Waals surface area contributed by atoms with Gasteiger partial charge in [-0.2, -0.15) is 18.3 Å². The lowest BCUT2D eigenvalue weighted by atomic mass is 10.1. The highest BCUT2D eigenvalue weighted by molar-refractivity contribution is 5.35. The summed E-state index contributed by atoms with van der Waals surface area (Å²) < 4.78 is 38.4. The molecule has 1 aromatic carbocycles. The molecule has 2 aromatic rings. The van der Waals surface area contributed by atoms with Crippen LogP contribution in [0.1, 0.15) is 24.2 Å². The van der Waals surface area contributed by atoms with Crippen LogP contribution in [0.3, 0.4) is 0 Å². The van der Waals surface area contributed by atoms with Crippen molar-refractivity contribution in [2.45, 2.75) is 19.1 Å². The van der Waals surface area contributed by atoms with E-state index in [1.807, 2.05) is 6.92 Å². The van der Waals surface area contributed by atoms with Gasteiger partial charge >= 0.3 is 6.18 Å². The molecule has 0 saturated carbocycles. The lowest BCUT2D eigenvalue weighted by Crippen LogP contribution is -2.07. The molecule has 0 fully saturated rings. The van der Waals surface area contributed by atoms with Crippen molar-refractivity contribution >= 4 is 0 Å². The van der Waals surface area contributed by atoms with Crippen LogP contribution < -0.4 is 5.73 Å². The third-order valence-corrected chi connectivity index (χ3v) is 2.56. The second kappa shape index (κ2) is 4.45. The SMILES string of the molecule is C[C@H](N)c1ccc(-n2ccc(C(F)(F)F)n2)cc1. The topological polar surface area (TPSA) is 43.8 Å². The first-order chi connectivity index (χ1) is 8.38. The van der Waals surface area contributed by atoms with Gasteiger partial charge in [-0.25, -0.2) is 4.68 Å². The van der Waals surface area contributed by atoms with Crippen LogP contribution >= 0.6 is 0 Å². The van der Waals surface area contributed by atoms with Gasteiger partial charge in [0.1, 0.15) is 0 Å². The number of nitrogens with zero attached hydrogens (tertiary/aromatic N) is 2. The molecule has 6 heteroatoms. The molecule has 0 aliphatic heterocycles. The van der Waals surface area contributed by atoms with Gasteiger partial charge in [0, 0.05) is 12.2 Å². The van der Waals surface area contributed by atoms with E-state index in [0.717, 1.165) is 11.6 Å². The van der Waals surface area contributed by atoms with Crippen molar-refractivity contribution in [3.05, 3.63) is 47.8 Å². The van der Waals surface area contributed by atoms with Crippen LogP contribution in [-0.4, -0.2) is 9.78 Å². The molecule has 0 aliphatic rings. The molecule has 1 atom stereocenters. The Balaban J connectivity index is 2.29. The van der Waals surface area contributed by atoms with Gasteiger partial charge in [-0.15, -0.1) is 0 Å². The van der Waals surface area contributed by atoms with Crippen LogP contribution in [0.4, 0.5) is 13.2 Å². The molecule has 3 nitrogen and oxygen atoms in total. The monoisotopic (exact) mass is 255 g/mol. The van der Waals surface area contributed by atoms with E-state index in [1.54, 1.807) is 24.3 Å². The average molecular weight is 255 g/mol. The zero-order valence-corrected chi connectivity index (χ0v) is 9.65. The Hall–Kier alpha value is -1.82. The maximum Gasteiger partial charge on any atom is 0.435 e. The van der Waals surface area contributed by atoms with Gasteiger partial charge in [0.05, 0.1) is 5.69 Å². The number of rotatable bonds is 2. The second-order valence-corrected chi connectivity index (χ2v) is 4.02. The van der Waals surface area contributed by atoms with Gasteiger partial charge in [0.25, 0.3) is 0 Å². The number of halogens is 3. The van der Waals surface area contributed by atoms with Gasteiger partial charge in [-0.3, -0.25) is 0 Å². The summed E-state index contributed by atoms with van der Waals surface area (Å²) in [4.78, 5) is 0. The van der Waals surface area contributed by atoms with Crippen LogP contribution in [-0.2, 0) is 6.18 Å². The van der Waals surface area contributed by atoms with Crippen molar-refractivity contribution in [2.24, 2.45) is 5.73 Å². The van der Waals surface area contributed by atoms with Crippen LogP contribution in [0, 0.1) is 0 Å². The Morgan fingerprint density at radius 1 is 1.17 bits per heavy atom. The first-order valence-corrected chi connectivity index (χ1v) is 5.37. The van der Waals surface area contributed by atoms with E-state index >= 15 is 0 Å². The summed E-state index contributed by atoms with van der Waals surface area (Å²) in [6.07, 6.45) is -3.14. The zero-order chi connectivity index (χ0) is 13.3. The summed E-state index contributed by atoms with van der Waals surface area (Å²) >= 11 is 0. The minimum absolute atomic E-state index is 0.109. The predicted octanol–water partition coefficient (Wildman–Crippen LogP) is 2.91. The highest BCUT2D eigenvalue weighted by Crippen LogP contribution is 2.27. The van der Waals surface area contributed by atoms with Crippen LogP contribution in [0.25, 0.3) is 5.69 Å². The molecule has 0 radical (unpaired) electrons. The maximum atomic E-state index is 12.4. The van der Waals surface area contributed by atoms with Crippen molar-refractivity contribution in [1.29, 1.82) is 0 Å². The summed E-state index contributed by atoms with van der Waals surface area (Å²) in [6, 6.07) is 7.75. The van der Waals surface area contributed by atoms with Crippen LogP contribution in [0.5, 0.6) is 0 Å². The van der Waals surface area contributed by atoms with Crippen molar-refractivity contribution in [2.75, 3.05) is 0 Å². The minimum atomic E-state index is -4.42. The summed E-state index contributed by atoms with van der Waals surface area (Å²) in [5, 5.41) is 3.49. The number of aromatic nitrogens is 2. The van der Waals surface area contributed by atoms with E-state index in [4.69, 9.17) is 5.73 Å². The molecule has 0 amide bonds. The van der Waals surface area contributed by atoms with Crippen molar-refractivity contribution < 1.29 is 13.2 Å². The highest BCUT2D eigenvalue weighted by Gasteiger charge is 2.33. The fourth-order valence-electron chi connectivity index (χ4n) is 1.55. The van der Waals surface area contributed by atoms with Gasteiger partial charge in [-0.1, -0.05) is 12.1 Å². The largest absolute Gasteiger partial charge is 0.435 e. The number of hydrogen-bond acceptors (Lipinski definition) is 2. The number of hydrogen-bond donors (Lipinski definition) is 1. The first kappa shape index (κ1) is 12.6. The number of benzene rings is 1. The van der Waals surface area contributed by atoms with Crippen molar-refractivity contribution in [3.63, 3.8) is 0 Å². The van der Waals surface area contributed by atoms with E-state index in [0.29, 0.717) is 5.69 Å². The predicted molar refractivity (Wildman–Crippen MR) is 61.2 cm³/mol. The van der Waals surface area contributed by atoms with Crippen molar-refractivity contribution in [3.8, 4) is 5.69 Å². The summed E-state index contributed by atoms with van der Waals surface area (Å²) in [7, 11) is 0. The van der Waals surface area contributed by atoms with E-state index in [-0.39, 0.29) is 6.04 Å². The molecule has 18 heavy (non-hydrogen) atoms. The minimum Gasteiger partial charge on any atom is -0.324 e. The van der Waals surface area contributed by atoms with Gasteiger partial charge in [0.15, 0.2) is 5.69 Å². The Morgan fingerprint density at radius 2 is 1.78 bits per heavy atom. The molecule has 1 aromatic heterocycles. The zero-order valence-electron chi connectivity index (χ0n) is 9.65. The molecular weight excluding hydrogens is 243 g/mol. The van der Waals surface area contributed by atoms with Gasteiger partial charge in [0.2, 0.25) is 0 Å². The van der Waals surface area contributed by atoms with E-state index in [9.17, 15) is 13.2 Å². The summed E-state index contributed by atoms with van der Waals surface area (Å²) in [6.45, 7) is 1.84. The van der Waals surface area contributed by atoms with E-state index in [2.05, 4.69) is 5.10 Å². The van der Waals surface area contributed by atoms with E-state index < -0.39 is 11.9 Å². The third-order valence-electron chi connectivity index (χ3n) is 2.56. The Labute approximate surface area is 102 Å². The molecule has 0 bridgehead atoms. The number of alkyl halides is 3. The van der Waals surface area contributed by atoms with Crippen LogP contribution in [0.15, 0.2) is 36.5 Å². The Bertz CT molecular complexity index is 526. The van der Waals surface area contributed by atoms with Gasteiger partial charge < -0.3 is 5.73 Å². The molecule has 96 valence electrons. The summed E-state index contributed by atoms with van der Waals surface area (Å²) in [5.74, 6) is 0. The van der Waals surface area contributed by atoms with Gasteiger partial charge in [-0.05, 0) is 30.7 Å². The lowest BCUT2D eigenvalue weighted by molar-refractivity contribution is -0.141. The fraction of sp³-hybridized carbons (Fsp3) is 0.250. The quantitative estimate of drug-likeness (QED) is 0.896. The molecule has 0 unspecified atom stereocenters. The third kappa shape index (κ3) is 2.53. The Kier molecular flexibility index (Phi) is 3.13. The second-order valence-electron chi connectivity index (χ2n) is 4.02. The molecular formula is C12H12F3N3. The molecule has 2 N–H and O–H groups in total. The fourth-order valence-corrected chi connectivity index (χ4v) is 1.55. The molecule has 0 saturated heterocycles. The van der Waals surface area contributed by atoms with E-state index in [1.165, 1.54) is 10.9 Å². The molecule has 2 rings (SSSR count). The van der Waals surface area contributed by atoms with Crippen LogP contribution in [0.2, 0.25) is 0 Å². The molecule has 0 aliphatic carbocycles. The lowest BCUT2D eigenvalue weighted by Gasteiger charge is -2.07. The Morgan fingerprint density at radius 3 is 2.22 bits per heavy atom. The number of nitrogens with two attached hydrogens (primary N) is 1. The standard InChI is InChI=1S/C12H12F3N3/c1-8(16)9-2-4-10(5-3-9)18-7-6-11(17-18)12(13,14)15/h2-8H,16H2,1H3/t8-/m0/s1. The average Bonchev–Trinajstić information content (AvgIpc) is 2.78. The maximum absolute atomic E-state index is 12.4. The highest BCUT2D eigenvalue weighted by atomic mass is 19.4. The summed E-state index contributed by atoms with van der Waals surface area (Å²) in [5.41, 5.74) is 6.27. The first-order valence-electron chi connectivity index (χ1n) is 5.37.